The van der Waals surface area contributed by atoms with Crippen molar-refractivity contribution < 1.29 is 13.9 Å². The first kappa shape index (κ1) is 13.6. The zero-order chi connectivity index (χ0) is 13.8. The quantitative estimate of drug-likeness (QED) is 0.841. The van der Waals surface area contributed by atoms with Gasteiger partial charge in [0.1, 0.15) is 11.6 Å². The number of furan rings is 1. The van der Waals surface area contributed by atoms with Crippen molar-refractivity contribution in [1.82, 2.24) is 5.32 Å². The number of esters is 1. The highest BCUT2D eigenvalue weighted by Gasteiger charge is 2.22. The lowest BCUT2D eigenvalue weighted by Crippen LogP contribution is -2.41. The van der Waals surface area contributed by atoms with Crippen LogP contribution in [0.25, 0.3) is 11.0 Å². The molecule has 4 nitrogen and oxygen atoms in total. The van der Waals surface area contributed by atoms with Crippen LogP contribution in [0.5, 0.6) is 0 Å². The average molecular weight is 261 g/mol. The van der Waals surface area contributed by atoms with Gasteiger partial charge in [0.25, 0.3) is 0 Å². The molecule has 0 bridgehead atoms. The lowest BCUT2D eigenvalue weighted by atomic mass is 10.0. The van der Waals surface area contributed by atoms with Crippen molar-refractivity contribution in [1.29, 1.82) is 0 Å². The molecule has 1 aromatic carbocycles. The fraction of sp³-hybridized carbons (Fsp3) is 0.400. The van der Waals surface area contributed by atoms with Crippen LogP contribution in [-0.4, -0.2) is 19.1 Å². The third-order valence-electron chi connectivity index (χ3n) is 3.20. The molecule has 0 aliphatic rings. The minimum Gasteiger partial charge on any atom is -0.468 e. The predicted molar refractivity (Wildman–Crippen MR) is 73.7 cm³/mol. The van der Waals surface area contributed by atoms with Crippen LogP contribution in [0.1, 0.15) is 19.4 Å². The summed E-state index contributed by atoms with van der Waals surface area (Å²) in [7, 11) is 1.41. The molecule has 1 unspecified atom stereocenters. The molecular formula is C15H19NO3. The largest absolute Gasteiger partial charge is 0.468 e. The number of rotatable bonds is 5. The number of hydrogen-bond acceptors (Lipinski definition) is 4. The number of ether oxygens (including phenoxy) is 1. The van der Waals surface area contributed by atoms with Gasteiger partial charge in [0.15, 0.2) is 0 Å². The molecular weight excluding hydrogens is 242 g/mol. The van der Waals surface area contributed by atoms with E-state index in [0.717, 1.165) is 16.5 Å². The fourth-order valence-corrected chi connectivity index (χ4v) is 2.11. The van der Waals surface area contributed by atoms with E-state index in [1.165, 1.54) is 7.11 Å². The summed E-state index contributed by atoms with van der Waals surface area (Å²) in [5, 5.41) is 4.30. The SMILES string of the molecule is COC(=O)C(NCc1coc2ccccc12)C(C)C. The van der Waals surface area contributed by atoms with E-state index in [4.69, 9.17) is 9.15 Å². The number of para-hydroxylation sites is 1. The summed E-state index contributed by atoms with van der Waals surface area (Å²) in [6, 6.07) is 7.55. The van der Waals surface area contributed by atoms with Gasteiger partial charge in [-0.15, -0.1) is 0 Å². The Hall–Kier alpha value is -1.81. The summed E-state index contributed by atoms with van der Waals surface area (Å²) in [5.74, 6) is -0.0617. The molecule has 1 N–H and O–H groups in total. The summed E-state index contributed by atoms with van der Waals surface area (Å²) >= 11 is 0. The monoisotopic (exact) mass is 261 g/mol. The topological polar surface area (TPSA) is 51.5 Å². The van der Waals surface area contributed by atoms with E-state index >= 15 is 0 Å². The Labute approximate surface area is 112 Å². The molecule has 0 saturated heterocycles. The van der Waals surface area contributed by atoms with Gasteiger partial charge in [0, 0.05) is 17.5 Å². The van der Waals surface area contributed by atoms with E-state index in [9.17, 15) is 4.79 Å². The number of carbonyl (C=O) groups excluding carboxylic acids is 1. The van der Waals surface area contributed by atoms with E-state index in [0.29, 0.717) is 6.54 Å². The second-order valence-corrected chi connectivity index (χ2v) is 4.88. The van der Waals surface area contributed by atoms with Gasteiger partial charge in [-0.25, -0.2) is 0 Å². The van der Waals surface area contributed by atoms with Crippen molar-refractivity contribution >= 4 is 16.9 Å². The molecule has 2 aromatic rings. The molecule has 0 aliphatic carbocycles. The Morgan fingerprint density at radius 3 is 2.79 bits per heavy atom. The highest BCUT2D eigenvalue weighted by molar-refractivity contribution is 5.81. The summed E-state index contributed by atoms with van der Waals surface area (Å²) in [6.45, 7) is 4.55. The first-order valence-electron chi connectivity index (χ1n) is 6.39. The van der Waals surface area contributed by atoms with Crippen LogP contribution < -0.4 is 5.32 Å². The van der Waals surface area contributed by atoms with Gasteiger partial charge >= 0.3 is 5.97 Å². The lowest BCUT2D eigenvalue weighted by Gasteiger charge is -2.19. The highest BCUT2D eigenvalue weighted by atomic mass is 16.5. The van der Waals surface area contributed by atoms with Crippen LogP contribution >= 0.6 is 0 Å². The maximum atomic E-state index is 11.7. The maximum absolute atomic E-state index is 11.7. The number of carbonyl (C=O) groups is 1. The van der Waals surface area contributed by atoms with Gasteiger partial charge in [0.2, 0.25) is 0 Å². The van der Waals surface area contributed by atoms with Crippen molar-refractivity contribution in [2.24, 2.45) is 5.92 Å². The van der Waals surface area contributed by atoms with Crippen molar-refractivity contribution in [3.05, 3.63) is 36.1 Å². The lowest BCUT2D eigenvalue weighted by molar-refractivity contribution is -0.144. The zero-order valence-corrected chi connectivity index (χ0v) is 11.5. The second kappa shape index (κ2) is 5.89. The Bertz CT molecular complexity index is 559. The second-order valence-electron chi connectivity index (χ2n) is 4.88. The first-order valence-corrected chi connectivity index (χ1v) is 6.39. The Morgan fingerprint density at radius 1 is 1.37 bits per heavy atom. The van der Waals surface area contributed by atoms with Gasteiger partial charge in [-0.05, 0) is 12.0 Å². The van der Waals surface area contributed by atoms with E-state index in [1.54, 1.807) is 6.26 Å². The molecule has 0 radical (unpaired) electrons. The minimum absolute atomic E-state index is 0.172. The van der Waals surface area contributed by atoms with Crippen molar-refractivity contribution in [2.75, 3.05) is 7.11 Å². The van der Waals surface area contributed by atoms with E-state index in [1.807, 2.05) is 38.1 Å². The molecule has 0 aliphatic heterocycles. The molecule has 102 valence electrons. The summed E-state index contributed by atoms with van der Waals surface area (Å²) in [5.41, 5.74) is 1.91. The summed E-state index contributed by atoms with van der Waals surface area (Å²) in [6.07, 6.45) is 1.73. The predicted octanol–water partition coefficient (Wildman–Crippen LogP) is 2.72. The standard InChI is InChI=1S/C15H19NO3/c1-10(2)14(15(17)18-3)16-8-11-9-19-13-7-5-4-6-12(11)13/h4-7,9-10,14,16H,8H2,1-3H3. The van der Waals surface area contributed by atoms with E-state index in [-0.39, 0.29) is 17.9 Å². The van der Waals surface area contributed by atoms with Crippen LogP contribution in [0.2, 0.25) is 0 Å². The molecule has 2 rings (SSSR count). The molecule has 0 fully saturated rings. The molecule has 19 heavy (non-hydrogen) atoms. The normalized spacial score (nSPS) is 12.8. The molecule has 0 saturated carbocycles. The van der Waals surface area contributed by atoms with Crippen molar-refractivity contribution in [2.45, 2.75) is 26.4 Å². The zero-order valence-electron chi connectivity index (χ0n) is 11.5. The van der Waals surface area contributed by atoms with Gasteiger partial charge in [-0.3, -0.25) is 10.1 Å². The number of methoxy groups -OCH3 is 1. The van der Waals surface area contributed by atoms with Crippen molar-refractivity contribution in [3.8, 4) is 0 Å². The first-order chi connectivity index (χ1) is 9.13. The third-order valence-corrected chi connectivity index (χ3v) is 3.20. The van der Waals surface area contributed by atoms with E-state index in [2.05, 4.69) is 5.32 Å². The molecule has 1 heterocycles. The van der Waals surface area contributed by atoms with Gasteiger partial charge in [-0.2, -0.15) is 0 Å². The average Bonchev–Trinajstić information content (AvgIpc) is 2.82. The molecule has 1 atom stereocenters. The van der Waals surface area contributed by atoms with E-state index < -0.39 is 0 Å². The molecule has 0 amide bonds. The van der Waals surface area contributed by atoms with Crippen LogP contribution in [0.15, 0.2) is 34.9 Å². The highest BCUT2D eigenvalue weighted by Crippen LogP contribution is 2.20. The van der Waals surface area contributed by atoms with Crippen LogP contribution in [0, 0.1) is 5.92 Å². The summed E-state index contributed by atoms with van der Waals surface area (Å²) in [4.78, 5) is 11.7. The van der Waals surface area contributed by atoms with Crippen molar-refractivity contribution in [3.63, 3.8) is 0 Å². The molecule has 4 heteroatoms. The number of hydrogen-bond donors (Lipinski definition) is 1. The Balaban J connectivity index is 2.11. The third kappa shape index (κ3) is 2.96. The fourth-order valence-electron chi connectivity index (χ4n) is 2.11. The number of nitrogens with one attached hydrogen (secondary N) is 1. The Kier molecular flexibility index (Phi) is 4.22. The maximum Gasteiger partial charge on any atom is 0.323 e. The molecule has 0 spiro atoms. The van der Waals surface area contributed by atoms with Gasteiger partial charge in [0.05, 0.1) is 13.4 Å². The van der Waals surface area contributed by atoms with Crippen LogP contribution in [0.4, 0.5) is 0 Å². The minimum atomic E-state index is -0.307. The summed E-state index contributed by atoms with van der Waals surface area (Å²) < 4.78 is 10.3. The smallest absolute Gasteiger partial charge is 0.323 e. The van der Waals surface area contributed by atoms with Crippen LogP contribution in [-0.2, 0) is 16.1 Å². The number of benzene rings is 1. The van der Waals surface area contributed by atoms with Crippen LogP contribution in [0.3, 0.4) is 0 Å². The van der Waals surface area contributed by atoms with Gasteiger partial charge in [-0.1, -0.05) is 32.0 Å². The number of fused-ring (bicyclic) bond motifs is 1. The Morgan fingerprint density at radius 2 is 2.11 bits per heavy atom. The molecule has 1 aromatic heterocycles. The van der Waals surface area contributed by atoms with Gasteiger partial charge < -0.3 is 9.15 Å².